The minimum absolute atomic E-state index is 0.00644. The van der Waals surface area contributed by atoms with Crippen LogP contribution >= 0.6 is 15.9 Å². The van der Waals surface area contributed by atoms with Crippen LogP contribution in [0, 0.1) is 5.92 Å². The van der Waals surface area contributed by atoms with E-state index in [9.17, 15) is 14.4 Å². The predicted octanol–water partition coefficient (Wildman–Crippen LogP) is 3.56. The van der Waals surface area contributed by atoms with Gasteiger partial charge in [-0.05, 0) is 42.3 Å². The van der Waals surface area contributed by atoms with E-state index < -0.39 is 24.4 Å². The Morgan fingerprint density at radius 3 is 2.62 bits per heavy atom. The minimum atomic E-state index is -0.676. The third kappa shape index (κ3) is 5.40. The average Bonchev–Trinajstić information content (AvgIpc) is 3.19. The van der Waals surface area contributed by atoms with Crippen LogP contribution in [0.4, 0.5) is 11.4 Å². The molecule has 0 aromatic heterocycles. The van der Waals surface area contributed by atoms with Gasteiger partial charge in [0.25, 0.3) is 5.91 Å². The quantitative estimate of drug-likeness (QED) is 0.552. The molecular weight excluding hydrogens is 480 g/mol. The molecule has 2 amide bonds. The number of anilines is 2. The van der Waals surface area contributed by atoms with Gasteiger partial charge in [-0.3, -0.25) is 14.4 Å². The van der Waals surface area contributed by atoms with Gasteiger partial charge in [0.1, 0.15) is 11.5 Å². The lowest BCUT2D eigenvalue weighted by atomic mass is 10.1. The number of ether oxygens (including phenoxy) is 3. The molecule has 2 aromatic rings. The molecule has 9 heteroatoms. The fourth-order valence-corrected chi connectivity index (χ4v) is 3.93. The van der Waals surface area contributed by atoms with Crippen molar-refractivity contribution in [2.75, 3.05) is 37.6 Å². The molecule has 1 atom stereocenters. The highest BCUT2D eigenvalue weighted by atomic mass is 79.9. The Balaban J connectivity index is 1.60. The third-order valence-corrected chi connectivity index (χ3v) is 5.70. The molecule has 1 fully saturated rings. The van der Waals surface area contributed by atoms with Crippen molar-refractivity contribution >= 4 is 45.1 Å². The second kappa shape index (κ2) is 10.5. The first-order valence-corrected chi connectivity index (χ1v) is 10.9. The van der Waals surface area contributed by atoms with Crippen LogP contribution in [-0.2, 0) is 25.5 Å². The first-order chi connectivity index (χ1) is 15.4. The Morgan fingerprint density at radius 1 is 1.16 bits per heavy atom. The van der Waals surface area contributed by atoms with Crippen molar-refractivity contribution < 1.29 is 28.6 Å². The van der Waals surface area contributed by atoms with Gasteiger partial charge in [0.2, 0.25) is 5.91 Å². The number of aryl methyl sites for hydroxylation is 1. The van der Waals surface area contributed by atoms with E-state index in [2.05, 4.69) is 21.2 Å². The second-order valence-corrected chi connectivity index (χ2v) is 8.17. The van der Waals surface area contributed by atoms with Crippen LogP contribution in [0.15, 0.2) is 40.9 Å². The van der Waals surface area contributed by atoms with Crippen molar-refractivity contribution in [3.8, 4) is 11.5 Å². The normalized spacial score (nSPS) is 15.4. The van der Waals surface area contributed by atoms with Crippen LogP contribution in [0.3, 0.4) is 0 Å². The lowest BCUT2D eigenvalue weighted by molar-refractivity contribution is -0.151. The van der Waals surface area contributed by atoms with Crippen LogP contribution in [0.25, 0.3) is 0 Å². The Labute approximate surface area is 194 Å². The van der Waals surface area contributed by atoms with Crippen LogP contribution in [0.2, 0.25) is 0 Å². The number of amides is 2. The highest BCUT2D eigenvalue weighted by Gasteiger charge is 2.37. The Hall–Kier alpha value is -3.07. The maximum Gasteiger partial charge on any atom is 0.311 e. The van der Waals surface area contributed by atoms with Crippen molar-refractivity contribution in [2.45, 2.75) is 19.8 Å². The third-order valence-electron chi connectivity index (χ3n) is 5.20. The molecule has 0 unspecified atom stereocenters. The predicted molar refractivity (Wildman–Crippen MR) is 123 cm³/mol. The number of carbonyl (C=O) groups excluding carboxylic acids is 3. The molecule has 1 saturated heterocycles. The summed E-state index contributed by atoms with van der Waals surface area (Å²) in [5.41, 5.74) is 2.15. The largest absolute Gasteiger partial charge is 0.497 e. The van der Waals surface area contributed by atoms with Gasteiger partial charge >= 0.3 is 5.97 Å². The van der Waals surface area contributed by atoms with Gasteiger partial charge in [-0.25, -0.2) is 0 Å². The monoisotopic (exact) mass is 504 g/mol. The smallest absolute Gasteiger partial charge is 0.311 e. The molecule has 0 spiro atoms. The molecule has 1 aliphatic heterocycles. The highest BCUT2D eigenvalue weighted by Crippen LogP contribution is 2.36. The van der Waals surface area contributed by atoms with E-state index in [0.29, 0.717) is 22.9 Å². The van der Waals surface area contributed by atoms with Crippen molar-refractivity contribution in [3.63, 3.8) is 0 Å². The lowest BCUT2D eigenvalue weighted by Gasteiger charge is -2.20. The molecule has 0 saturated carbocycles. The molecule has 0 aliphatic carbocycles. The van der Waals surface area contributed by atoms with Gasteiger partial charge in [-0.2, -0.15) is 0 Å². The zero-order valence-electron chi connectivity index (χ0n) is 18.1. The van der Waals surface area contributed by atoms with Gasteiger partial charge in [0.05, 0.1) is 25.8 Å². The summed E-state index contributed by atoms with van der Waals surface area (Å²) in [4.78, 5) is 38.9. The molecular formula is C23H25BrN2O6. The molecule has 170 valence electrons. The number of benzene rings is 2. The molecule has 1 N–H and O–H groups in total. The molecule has 1 aliphatic rings. The first-order valence-electron chi connectivity index (χ1n) is 10.1. The molecule has 0 radical (unpaired) electrons. The van der Waals surface area contributed by atoms with E-state index >= 15 is 0 Å². The van der Waals surface area contributed by atoms with Crippen LogP contribution in [0.5, 0.6) is 11.5 Å². The summed E-state index contributed by atoms with van der Waals surface area (Å²) in [6.45, 7) is 1.69. The number of esters is 1. The van der Waals surface area contributed by atoms with E-state index in [-0.39, 0.29) is 18.9 Å². The topological polar surface area (TPSA) is 94.2 Å². The van der Waals surface area contributed by atoms with Crippen molar-refractivity contribution in [3.05, 3.63) is 46.4 Å². The number of nitrogens with one attached hydrogen (secondary N) is 1. The Bertz CT molecular complexity index is 1030. The standard InChI is InChI=1S/C23H25BrN2O6/c1-4-14-9-16(24)5-7-18(14)25-21(27)13-32-23(29)15-10-22(28)26(12-15)19-11-17(30-2)6-8-20(19)31-3/h5-9,11,15H,4,10,12-13H2,1-3H3,(H,25,27)/t15-/m1/s1. The van der Waals surface area contributed by atoms with Crippen molar-refractivity contribution in [1.82, 2.24) is 0 Å². The Kier molecular flexibility index (Phi) is 7.74. The molecule has 0 bridgehead atoms. The first kappa shape index (κ1) is 23.6. The maximum absolute atomic E-state index is 12.6. The van der Waals surface area contributed by atoms with Gasteiger partial charge in [-0.1, -0.05) is 22.9 Å². The molecule has 2 aromatic carbocycles. The number of hydrogen-bond donors (Lipinski definition) is 1. The number of halogens is 1. The molecule has 3 rings (SSSR count). The summed E-state index contributed by atoms with van der Waals surface area (Å²) in [6, 6.07) is 10.6. The highest BCUT2D eigenvalue weighted by molar-refractivity contribution is 9.10. The van der Waals surface area contributed by atoms with Gasteiger partial charge in [-0.15, -0.1) is 0 Å². The fourth-order valence-electron chi connectivity index (χ4n) is 3.52. The molecule has 32 heavy (non-hydrogen) atoms. The van der Waals surface area contributed by atoms with Gasteiger partial charge in [0, 0.05) is 29.2 Å². The van der Waals surface area contributed by atoms with E-state index in [1.54, 1.807) is 24.3 Å². The lowest BCUT2D eigenvalue weighted by Crippen LogP contribution is -2.28. The summed E-state index contributed by atoms with van der Waals surface area (Å²) >= 11 is 3.41. The van der Waals surface area contributed by atoms with Gasteiger partial charge < -0.3 is 24.4 Å². The number of carbonyl (C=O) groups is 3. The number of rotatable bonds is 8. The fraction of sp³-hybridized carbons (Fsp3) is 0.348. The summed E-state index contributed by atoms with van der Waals surface area (Å²) in [7, 11) is 3.03. The Morgan fingerprint density at radius 2 is 1.94 bits per heavy atom. The SMILES string of the molecule is CCc1cc(Br)ccc1NC(=O)COC(=O)[C@@H]1CC(=O)N(c2cc(OC)ccc2OC)C1. The average molecular weight is 505 g/mol. The number of methoxy groups -OCH3 is 2. The maximum atomic E-state index is 12.6. The molecule has 8 nitrogen and oxygen atoms in total. The van der Waals surface area contributed by atoms with E-state index in [1.807, 2.05) is 19.1 Å². The van der Waals surface area contributed by atoms with Crippen molar-refractivity contribution in [2.24, 2.45) is 5.92 Å². The summed E-state index contributed by atoms with van der Waals surface area (Å²) < 4.78 is 16.7. The number of nitrogens with zero attached hydrogens (tertiary/aromatic N) is 1. The van der Waals surface area contributed by atoms with E-state index in [4.69, 9.17) is 14.2 Å². The second-order valence-electron chi connectivity index (χ2n) is 7.25. The minimum Gasteiger partial charge on any atom is -0.497 e. The zero-order valence-corrected chi connectivity index (χ0v) is 19.7. The summed E-state index contributed by atoms with van der Waals surface area (Å²) in [5.74, 6) is -0.879. The molecule has 1 heterocycles. The van der Waals surface area contributed by atoms with Crippen LogP contribution in [-0.4, -0.2) is 45.2 Å². The summed E-state index contributed by atoms with van der Waals surface area (Å²) in [6.07, 6.45) is 0.732. The van der Waals surface area contributed by atoms with Gasteiger partial charge in [0.15, 0.2) is 6.61 Å². The van der Waals surface area contributed by atoms with Crippen molar-refractivity contribution in [1.29, 1.82) is 0 Å². The van der Waals surface area contributed by atoms with Crippen LogP contribution in [0.1, 0.15) is 18.9 Å². The van der Waals surface area contributed by atoms with Crippen LogP contribution < -0.4 is 19.7 Å². The number of hydrogen-bond acceptors (Lipinski definition) is 6. The zero-order chi connectivity index (χ0) is 23.3. The summed E-state index contributed by atoms with van der Waals surface area (Å²) in [5, 5.41) is 2.76. The van der Waals surface area contributed by atoms with E-state index in [1.165, 1.54) is 19.1 Å². The van der Waals surface area contributed by atoms with E-state index in [0.717, 1.165) is 16.5 Å².